The Kier molecular flexibility index (Phi) is 4.54. The van der Waals surface area contributed by atoms with Crippen molar-refractivity contribution in [1.82, 2.24) is 0 Å². The fraction of sp³-hybridized carbons (Fsp3) is 0.522. The monoisotopic (exact) mass is 354 g/mol. The van der Waals surface area contributed by atoms with Crippen molar-refractivity contribution in [2.45, 2.75) is 64.7 Å². The van der Waals surface area contributed by atoms with Gasteiger partial charge in [-0.1, -0.05) is 58.9 Å². The van der Waals surface area contributed by atoms with E-state index in [1.54, 1.807) is 0 Å². The van der Waals surface area contributed by atoms with E-state index in [9.17, 15) is 4.79 Å². The molecule has 2 atom stereocenters. The number of carboxylic acid groups (broad SMARTS) is 1. The van der Waals surface area contributed by atoms with Crippen molar-refractivity contribution < 1.29 is 14.6 Å². The van der Waals surface area contributed by atoms with Crippen LogP contribution in [0.1, 0.15) is 70.6 Å². The Hall–Kier alpha value is -2.03. The molecule has 0 spiro atoms. The summed E-state index contributed by atoms with van der Waals surface area (Å²) in [5.74, 6) is 1.07. The maximum Gasteiger partial charge on any atom is 0.328 e. The van der Waals surface area contributed by atoms with E-state index < -0.39 is 5.97 Å². The predicted molar refractivity (Wildman–Crippen MR) is 105 cm³/mol. The number of rotatable bonds is 5. The van der Waals surface area contributed by atoms with Crippen LogP contribution in [-0.4, -0.2) is 17.7 Å². The topological polar surface area (TPSA) is 46.5 Å². The molecular weight excluding hydrogens is 324 g/mol. The van der Waals surface area contributed by atoms with E-state index in [2.05, 4.69) is 52.8 Å². The standard InChI is InChI=1S/C23H30O3/c1-14(2)18-10-17(11-19-21(18)26-13-22(19,4)5)23(6)12-16(23)8-7-15(3)9-20(24)25/h7-11,14,16H,12-13H2,1-6H3,(H,24,25)/t16-,23+/m1/s1. The fourth-order valence-corrected chi connectivity index (χ4v) is 3.93. The summed E-state index contributed by atoms with van der Waals surface area (Å²) in [6.07, 6.45) is 6.45. The average Bonchev–Trinajstić information content (AvgIpc) is 3.11. The second-order valence-corrected chi connectivity index (χ2v) is 9.08. The Bertz CT molecular complexity index is 798. The quantitative estimate of drug-likeness (QED) is 0.573. The molecule has 0 radical (unpaired) electrons. The first-order valence-electron chi connectivity index (χ1n) is 9.46. The molecule has 140 valence electrons. The fourth-order valence-electron chi connectivity index (χ4n) is 3.93. The molecule has 1 aromatic rings. The molecule has 0 bridgehead atoms. The third-order valence-corrected chi connectivity index (χ3v) is 5.95. The Balaban J connectivity index is 1.92. The van der Waals surface area contributed by atoms with Gasteiger partial charge in [-0.2, -0.15) is 0 Å². The molecule has 0 unspecified atom stereocenters. The first-order chi connectivity index (χ1) is 12.0. The summed E-state index contributed by atoms with van der Waals surface area (Å²) in [5.41, 5.74) is 4.97. The molecule has 0 amide bonds. The number of fused-ring (bicyclic) bond motifs is 1. The minimum atomic E-state index is -0.895. The summed E-state index contributed by atoms with van der Waals surface area (Å²) < 4.78 is 6.06. The van der Waals surface area contributed by atoms with Crippen LogP contribution in [0.2, 0.25) is 0 Å². The van der Waals surface area contributed by atoms with Crippen LogP contribution < -0.4 is 4.74 Å². The van der Waals surface area contributed by atoms with Gasteiger partial charge in [0.15, 0.2) is 0 Å². The number of carbonyl (C=O) groups is 1. The molecule has 1 saturated carbocycles. The van der Waals surface area contributed by atoms with Crippen molar-refractivity contribution >= 4 is 5.97 Å². The molecule has 1 aliphatic carbocycles. The van der Waals surface area contributed by atoms with Crippen LogP contribution in [0.25, 0.3) is 0 Å². The highest BCUT2D eigenvalue weighted by Gasteiger charge is 2.50. The summed E-state index contributed by atoms with van der Waals surface area (Å²) in [6, 6.07) is 4.68. The van der Waals surface area contributed by atoms with Crippen molar-refractivity contribution in [1.29, 1.82) is 0 Å². The number of benzene rings is 1. The summed E-state index contributed by atoms with van der Waals surface area (Å²) in [7, 11) is 0. The van der Waals surface area contributed by atoms with E-state index in [4.69, 9.17) is 9.84 Å². The Labute approximate surface area is 156 Å². The van der Waals surface area contributed by atoms with Crippen molar-refractivity contribution in [3.8, 4) is 5.75 Å². The van der Waals surface area contributed by atoms with Crippen LogP contribution in [0.4, 0.5) is 0 Å². The van der Waals surface area contributed by atoms with E-state index in [0.29, 0.717) is 11.8 Å². The Morgan fingerprint density at radius 2 is 2.00 bits per heavy atom. The second-order valence-electron chi connectivity index (χ2n) is 9.08. The van der Waals surface area contributed by atoms with Crippen LogP contribution in [-0.2, 0) is 15.6 Å². The highest BCUT2D eigenvalue weighted by atomic mass is 16.5. The lowest BCUT2D eigenvalue weighted by Gasteiger charge is -2.21. The first-order valence-corrected chi connectivity index (χ1v) is 9.46. The summed E-state index contributed by atoms with van der Waals surface area (Å²) in [6.45, 7) is 13.8. The second kappa shape index (κ2) is 6.29. The maximum absolute atomic E-state index is 10.8. The molecule has 1 N–H and O–H groups in total. The van der Waals surface area contributed by atoms with E-state index >= 15 is 0 Å². The van der Waals surface area contributed by atoms with Gasteiger partial charge in [0.25, 0.3) is 0 Å². The van der Waals surface area contributed by atoms with Crippen LogP contribution in [0.3, 0.4) is 0 Å². The molecule has 3 nitrogen and oxygen atoms in total. The summed E-state index contributed by atoms with van der Waals surface area (Å²) in [4.78, 5) is 10.8. The largest absolute Gasteiger partial charge is 0.492 e. The molecule has 3 heteroatoms. The van der Waals surface area contributed by atoms with Gasteiger partial charge in [-0.15, -0.1) is 0 Å². The summed E-state index contributed by atoms with van der Waals surface area (Å²) in [5, 5.41) is 8.84. The number of aliphatic carboxylic acids is 1. The molecule has 0 saturated heterocycles. The normalized spacial score (nSPS) is 26.9. The Morgan fingerprint density at radius 3 is 2.62 bits per heavy atom. The highest BCUT2D eigenvalue weighted by Crippen LogP contribution is 2.57. The van der Waals surface area contributed by atoms with Gasteiger partial charge in [-0.3, -0.25) is 0 Å². The molecule has 1 aliphatic heterocycles. The smallest absolute Gasteiger partial charge is 0.328 e. The van der Waals surface area contributed by atoms with Gasteiger partial charge in [-0.05, 0) is 47.3 Å². The van der Waals surface area contributed by atoms with E-state index in [-0.39, 0.29) is 10.8 Å². The lowest BCUT2D eigenvalue weighted by atomic mass is 9.81. The number of allylic oxidation sites excluding steroid dienone is 3. The number of carboxylic acids is 1. The number of ether oxygens (including phenoxy) is 1. The van der Waals surface area contributed by atoms with E-state index in [1.807, 2.05) is 13.0 Å². The van der Waals surface area contributed by atoms with Gasteiger partial charge >= 0.3 is 5.97 Å². The van der Waals surface area contributed by atoms with Crippen LogP contribution >= 0.6 is 0 Å². The average molecular weight is 354 g/mol. The molecule has 1 fully saturated rings. The third-order valence-electron chi connectivity index (χ3n) is 5.95. The van der Waals surface area contributed by atoms with Gasteiger partial charge < -0.3 is 9.84 Å². The van der Waals surface area contributed by atoms with Gasteiger partial charge in [0.2, 0.25) is 0 Å². The number of hydrogen-bond acceptors (Lipinski definition) is 2. The van der Waals surface area contributed by atoms with Crippen molar-refractivity contribution in [3.05, 3.63) is 52.6 Å². The zero-order chi connectivity index (χ0) is 19.3. The minimum absolute atomic E-state index is 0.0480. The van der Waals surface area contributed by atoms with Gasteiger partial charge in [-0.25, -0.2) is 4.79 Å². The van der Waals surface area contributed by atoms with Crippen LogP contribution in [0.15, 0.2) is 35.9 Å². The molecule has 26 heavy (non-hydrogen) atoms. The van der Waals surface area contributed by atoms with Gasteiger partial charge in [0.05, 0.1) is 6.61 Å². The molecule has 2 aliphatic rings. The van der Waals surface area contributed by atoms with E-state index in [0.717, 1.165) is 24.4 Å². The molecule has 1 aromatic carbocycles. The summed E-state index contributed by atoms with van der Waals surface area (Å²) >= 11 is 0. The van der Waals surface area contributed by atoms with Gasteiger partial charge in [0.1, 0.15) is 5.75 Å². The highest BCUT2D eigenvalue weighted by molar-refractivity contribution is 5.81. The molecule has 3 rings (SSSR count). The first kappa shape index (κ1) is 18.8. The lowest BCUT2D eigenvalue weighted by molar-refractivity contribution is -0.131. The molecule has 0 aromatic heterocycles. The van der Waals surface area contributed by atoms with Crippen molar-refractivity contribution in [2.75, 3.05) is 6.61 Å². The molecular formula is C23H30O3. The van der Waals surface area contributed by atoms with E-state index in [1.165, 1.54) is 22.8 Å². The molecule has 1 heterocycles. The predicted octanol–water partition coefficient (Wildman–Crippen LogP) is 5.34. The van der Waals surface area contributed by atoms with Gasteiger partial charge in [0, 0.05) is 17.1 Å². The van der Waals surface area contributed by atoms with Crippen LogP contribution in [0.5, 0.6) is 5.75 Å². The Morgan fingerprint density at radius 1 is 1.31 bits per heavy atom. The van der Waals surface area contributed by atoms with Crippen molar-refractivity contribution in [3.63, 3.8) is 0 Å². The SMILES string of the molecule is CC(C=C[C@@H]1C[C@]1(C)c1cc(C(C)C)c2c(c1)C(C)(C)CO2)=CC(=O)O. The lowest BCUT2D eigenvalue weighted by Crippen LogP contribution is -2.19. The minimum Gasteiger partial charge on any atom is -0.492 e. The third kappa shape index (κ3) is 3.32. The zero-order valence-corrected chi connectivity index (χ0v) is 16.7. The zero-order valence-electron chi connectivity index (χ0n) is 16.7. The number of hydrogen-bond donors (Lipinski definition) is 1. The van der Waals surface area contributed by atoms with Crippen molar-refractivity contribution in [2.24, 2.45) is 5.92 Å². The van der Waals surface area contributed by atoms with Crippen LogP contribution in [0, 0.1) is 5.92 Å². The maximum atomic E-state index is 10.8.